The van der Waals surface area contributed by atoms with E-state index in [-0.39, 0.29) is 18.4 Å². The van der Waals surface area contributed by atoms with Crippen molar-refractivity contribution < 1.29 is 14.3 Å². The maximum absolute atomic E-state index is 12.2. The second kappa shape index (κ2) is 10.7. The summed E-state index contributed by atoms with van der Waals surface area (Å²) in [6.07, 6.45) is 2.93. The third kappa shape index (κ3) is 7.23. The van der Waals surface area contributed by atoms with Crippen LogP contribution < -0.4 is 20.7 Å². The highest BCUT2D eigenvalue weighted by Crippen LogP contribution is 2.18. The summed E-state index contributed by atoms with van der Waals surface area (Å²) in [7, 11) is 0. The van der Waals surface area contributed by atoms with Gasteiger partial charge in [-0.15, -0.1) is 0 Å². The minimum Gasteiger partial charge on any atom is -0.489 e. The van der Waals surface area contributed by atoms with Crippen LogP contribution in [0.5, 0.6) is 5.75 Å². The molecule has 0 bridgehead atoms. The lowest BCUT2D eigenvalue weighted by atomic mass is 10.2. The Morgan fingerprint density at radius 3 is 2.37 bits per heavy atom. The SMILES string of the molecule is C=CCOc1cccc(NCC(=O)Nc2cccc(NC(=O)CCC)c2)c1. The first-order valence-electron chi connectivity index (χ1n) is 8.88. The van der Waals surface area contributed by atoms with E-state index in [1.165, 1.54) is 0 Å². The Hall–Kier alpha value is -3.28. The first kappa shape index (κ1) is 20.0. The first-order valence-corrected chi connectivity index (χ1v) is 8.88. The number of ether oxygens (including phenoxy) is 1. The van der Waals surface area contributed by atoms with Crippen LogP contribution in [-0.4, -0.2) is 25.0 Å². The zero-order valence-corrected chi connectivity index (χ0v) is 15.5. The molecule has 0 aromatic heterocycles. The van der Waals surface area contributed by atoms with Gasteiger partial charge in [0.25, 0.3) is 0 Å². The fourth-order valence-electron chi connectivity index (χ4n) is 2.36. The van der Waals surface area contributed by atoms with Crippen LogP contribution in [0.15, 0.2) is 61.2 Å². The molecule has 0 aliphatic heterocycles. The van der Waals surface area contributed by atoms with Gasteiger partial charge in [-0.1, -0.05) is 31.7 Å². The normalized spacial score (nSPS) is 9.96. The fraction of sp³-hybridized carbons (Fsp3) is 0.238. The molecule has 0 spiro atoms. The largest absolute Gasteiger partial charge is 0.489 e. The predicted molar refractivity (Wildman–Crippen MR) is 109 cm³/mol. The average molecular weight is 367 g/mol. The summed E-state index contributed by atoms with van der Waals surface area (Å²) in [5.74, 6) is 0.474. The number of anilines is 3. The summed E-state index contributed by atoms with van der Waals surface area (Å²) in [5.41, 5.74) is 2.07. The van der Waals surface area contributed by atoms with Crippen LogP contribution in [0.3, 0.4) is 0 Å². The van der Waals surface area contributed by atoms with E-state index in [9.17, 15) is 9.59 Å². The summed E-state index contributed by atoms with van der Waals surface area (Å²) in [6.45, 7) is 6.09. The van der Waals surface area contributed by atoms with Gasteiger partial charge in [0.2, 0.25) is 11.8 Å². The average Bonchev–Trinajstić information content (AvgIpc) is 2.65. The van der Waals surface area contributed by atoms with Gasteiger partial charge >= 0.3 is 0 Å². The second-order valence-corrected chi connectivity index (χ2v) is 5.91. The zero-order valence-electron chi connectivity index (χ0n) is 15.5. The molecule has 2 aromatic carbocycles. The maximum atomic E-state index is 12.2. The van der Waals surface area contributed by atoms with Gasteiger partial charge < -0.3 is 20.7 Å². The van der Waals surface area contributed by atoms with Gasteiger partial charge in [-0.2, -0.15) is 0 Å². The summed E-state index contributed by atoms with van der Waals surface area (Å²) in [6, 6.07) is 14.4. The van der Waals surface area contributed by atoms with Crippen molar-refractivity contribution in [3.63, 3.8) is 0 Å². The Kier molecular flexibility index (Phi) is 7.91. The molecule has 0 radical (unpaired) electrons. The van der Waals surface area contributed by atoms with E-state index in [4.69, 9.17) is 4.74 Å². The third-order valence-corrected chi connectivity index (χ3v) is 3.56. The van der Waals surface area contributed by atoms with E-state index in [0.29, 0.717) is 30.2 Å². The van der Waals surface area contributed by atoms with E-state index in [1.807, 2.05) is 31.2 Å². The number of benzene rings is 2. The Balaban J connectivity index is 1.87. The molecule has 0 saturated heterocycles. The van der Waals surface area contributed by atoms with Crippen molar-refractivity contribution in [3.8, 4) is 5.75 Å². The summed E-state index contributed by atoms with van der Waals surface area (Å²) in [5, 5.41) is 8.68. The van der Waals surface area contributed by atoms with Gasteiger partial charge in [0, 0.05) is 29.5 Å². The molecule has 2 aromatic rings. The van der Waals surface area contributed by atoms with Crippen molar-refractivity contribution in [2.45, 2.75) is 19.8 Å². The molecule has 2 rings (SSSR count). The molecule has 27 heavy (non-hydrogen) atoms. The Morgan fingerprint density at radius 2 is 1.67 bits per heavy atom. The number of amides is 2. The van der Waals surface area contributed by atoms with Crippen LogP contribution in [-0.2, 0) is 9.59 Å². The van der Waals surface area contributed by atoms with E-state index >= 15 is 0 Å². The fourth-order valence-corrected chi connectivity index (χ4v) is 2.36. The summed E-state index contributed by atoms with van der Waals surface area (Å²) in [4.78, 5) is 23.8. The monoisotopic (exact) mass is 367 g/mol. The number of carbonyl (C=O) groups excluding carboxylic acids is 2. The molecule has 0 heterocycles. The van der Waals surface area contributed by atoms with E-state index in [1.54, 1.807) is 30.3 Å². The number of carbonyl (C=O) groups is 2. The van der Waals surface area contributed by atoms with E-state index < -0.39 is 0 Å². The quantitative estimate of drug-likeness (QED) is 0.554. The molecule has 0 atom stereocenters. The lowest BCUT2D eigenvalue weighted by Gasteiger charge is -2.11. The summed E-state index contributed by atoms with van der Waals surface area (Å²) < 4.78 is 5.47. The predicted octanol–water partition coefficient (Wildman–Crippen LogP) is 4.04. The molecule has 6 heteroatoms. The molecule has 6 nitrogen and oxygen atoms in total. The van der Waals surface area contributed by atoms with Gasteiger partial charge in [-0.25, -0.2) is 0 Å². The standard InChI is InChI=1S/C21H25N3O3/c1-3-7-20(25)23-17-9-5-10-18(13-17)24-21(26)15-22-16-8-6-11-19(14-16)27-12-4-2/h4-6,8-11,13-14,22H,2-3,7,12,15H2,1H3,(H,23,25)(H,24,26). The van der Waals surface area contributed by atoms with Gasteiger partial charge in [0.1, 0.15) is 12.4 Å². The van der Waals surface area contributed by atoms with Crippen LogP contribution in [0, 0.1) is 0 Å². The third-order valence-electron chi connectivity index (χ3n) is 3.56. The molecule has 3 N–H and O–H groups in total. The highest BCUT2D eigenvalue weighted by molar-refractivity contribution is 5.95. The molecular weight excluding hydrogens is 342 g/mol. The molecule has 0 aliphatic carbocycles. The molecule has 0 fully saturated rings. The van der Waals surface area contributed by atoms with Crippen LogP contribution in [0.2, 0.25) is 0 Å². The number of hydrogen-bond donors (Lipinski definition) is 3. The van der Waals surface area contributed by atoms with Crippen LogP contribution in [0.4, 0.5) is 17.1 Å². The van der Waals surface area contributed by atoms with Crippen LogP contribution in [0.25, 0.3) is 0 Å². The summed E-state index contributed by atoms with van der Waals surface area (Å²) >= 11 is 0. The molecule has 0 aliphatic rings. The zero-order chi connectivity index (χ0) is 19.5. The smallest absolute Gasteiger partial charge is 0.243 e. The molecular formula is C21H25N3O3. The highest BCUT2D eigenvalue weighted by Gasteiger charge is 2.05. The number of hydrogen-bond acceptors (Lipinski definition) is 4. The molecule has 0 unspecified atom stereocenters. The van der Waals surface area contributed by atoms with Crippen molar-refractivity contribution in [2.24, 2.45) is 0 Å². The van der Waals surface area contributed by atoms with Crippen molar-refractivity contribution in [1.82, 2.24) is 0 Å². The Bertz CT molecular complexity index is 790. The minimum absolute atomic E-state index is 0.0406. The lowest BCUT2D eigenvalue weighted by Crippen LogP contribution is -2.21. The number of nitrogens with one attached hydrogen (secondary N) is 3. The molecule has 2 amide bonds. The minimum atomic E-state index is -0.190. The van der Waals surface area contributed by atoms with E-state index in [0.717, 1.165) is 12.1 Å². The van der Waals surface area contributed by atoms with Gasteiger partial charge in [0.05, 0.1) is 6.54 Å². The van der Waals surface area contributed by atoms with Crippen LogP contribution in [0.1, 0.15) is 19.8 Å². The van der Waals surface area contributed by atoms with Crippen molar-refractivity contribution in [2.75, 3.05) is 29.1 Å². The van der Waals surface area contributed by atoms with Gasteiger partial charge in [-0.3, -0.25) is 9.59 Å². The second-order valence-electron chi connectivity index (χ2n) is 5.91. The maximum Gasteiger partial charge on any atom is 0.243 e. The van der Waals surface area contributed by atoms with Crippen LogP contribution >= 0.6 is 0 Å². The first-order chi connectivity index (χ1) is 13.1. The topological polar surface area (TPSA) is 79.5 Å². The Morgan fingerprint density at radius 1 is 1.00 bits per heavy atom. The van der Waals surface area contributed by atoms with Crippen molar-refractivity contribution >= 4 is 28.9 Å². The number of rotatable bonds is 10. The van der Waals surface area contributed by atoms with E-state index in [2.05, 4.69) is 22.5 Å². The van der Waals surface area contributed by atoms with Gasteiger partial charge in [0.15, 0.2) is 0 Å². The lowest BCUT2D eigenvalue weighted by molar-refractivity contribution is -0.116. The van der Waals surface area contributed by atoms with Crippen molar-refractivity contribution in [1.29, 1.82) is 0 Å². The highest BCUT2D eigenvalue weighted by atomic mass is 16.5. The molecule has 142 valence electrons. The Labute approximate surface area is 159 Å². The molecule has 0 saturated carbocycles. The van der Waals surface area contributed by atoms with Crippen molar-refractivity contribution in [3.05, 3.63) is 61.2 Å². The van der Waals surface area contributed by atoms with Gasteiger partial charge in [-0.05, 0) is 36.8 Å².